The van der Waals surface area contributed by atoms with Gasteiger partial charge in [-0.25, -0.2) is 4.98 Å². The van der Waals surface area contributed by atoms with Crippen LogP contribution in [-0.2, 0) is 6.54 Å². The largest absolute Gasteiger partial charge is 0.329 e. The molecule has 0 amide bonds. The van der Waals surface area contributed by atoms with Gasteiger partial charge >= 0.3 is 0 Å². The van der Waals surface area contributed by atoms with Gasteiger partial charge in [0.05, 0.1) is 11.0 Å². The molecule has 0 spiro atoms. The molecule has 0 fully saturated rings. The van der Waals surface area contributed by atoms with Crippen molar-refractivity contribution in [3.8, 4) is 11.4 Å². The van der Waals surface area contributed by atoms with Gasteiger partial charge in [-0.05, 0) is 43.2 Å². The van der Waals surface area contributed by atoms with Crippen LogP contribution in [0.1, 0.15) is 11.1 Å². The number of aromatic nitrogens is 2. The summed E-state index contributed by atoms with van der Waals surface area (Å²) in [6, 6.07) is 14.7. The number of hydrogen-bond acceptors (Lipinski definition) is 2. The maximum atomic E-state index is 5.76. The average molecular weight is 265 g/mol. The summed E-state index contributed by atoms with van der Waals surface area (Å²) < 4.78 is 2.21. The van der Waals surface area contributed by atoms with Crippen molar-refractivity contribution < 1.29 is 0 Å². The van der Waals surface area contributed by atoms with E-state index in [0.717, 1.165) is 29.0 Å². The van der Waals surface area contributed by atoms with E-state index in [1.54, 1.807) is 0 Å². The zero-order valence-corrected chi connectivity index (χ0v) is 11.9. The van der Waals surface area contributed by atoms with E-state index in [1.807, 2.05) is 18.2 Å². The Hall–Kier alpha value is -2.13. The van der Waals surface area contributed by atoms with Crippen LogP contribution in [-0.4, -0.2) is 16.1 Å². The molecule has 1 aromatic heterocycles. The first-order chi connectivity index (χ1) is 9.70. The monoisotopic (exact) mass is 265 g/mol. The lowest BCUT2D eigenvalue weighted by Crippen LogP contribution is -2.11. The Labute approximate surface area is 119 Å². The fourth-order valence-electron chi connectivity index (χ4n) is 2.53. The number of hydrogen-bond donors (Lipinski definition) is 1. The number of benzene rings is 2. The highest BCUT2D eigenvalue weighted by molar-refractivity contribution is 5.80. The highest BCUT2D eigenvalue weighted by Crippen LogP contribution is 2.26. The smallest absolute Gasteiger partial charge is 0.141 e. The molecule has 3 nitrogen and oxygen atoms in total. The second kappa shape index (κ2) is 5.10. The lowest BCUT2D eigenvalue weighted by atomic mass is 10.1. The summed E-state index contributed by atoms with van der Waals surface area (Å²) >= 11 is 0. The number of imidazole rings is 1. The first-order valence-electron chi connectivity index (χ1n) is 6.93. The molecule has 0 radical (unpaired) electrons. The predicted octanol–water partition coefficient (Wildman–Crippen LogP) is 3.28. The fourth-order valence-corrected chi connectivity index (χ4v) is 2.53. The SMILES string of the molecule is Cc1ccc(-c2nc3ccccc3n2CCN)cc1C. The van der Waals surface area contributed by atoms with Gasteiger partial charge in [0.1, 0.15) is 5.82 Å². The lowest BCUT2D eigenvalue weighted by molar-refractivity contribution is 0.735. The molecule has 3 rings (SSSR count). The Bertz CT molecular complexity index is 756. The second-order valence-corrected chi connectivity index (χ2v) is 5.16. The van der Waals surface area contributed by atoms with Gasteiger partial charge in [0.2, 0.25) is 0 Å². The van der Waals surface area contributed by atoms with Crippen LogP contribution < -0.4 is 5.73 Å². The molecular weight excluding hydrogens is 246 g/mol. The number of nitrogens with zero attached hydrogens (tertiary/aromatic N) is 2. The van der Waals surface area contributed by atoms with E-state index >= 15 is 0 Å². The van der Waals surface area contributed by atoms with Gasteiger partial charge in [-0.1, -0.05) is 24.3 Å². The Morgan fingerprint density at radius 3 is 2.60 bits per heavy atom. The summed E-state index contributed by atoms with van der Waals surface area (Å²) in [6.45, 7) is 5.65. The molecule has 0 saturated carbocycles. The molecule has 3 aromatic rings. The maximum Gasteiger partial charge on any atom is 0.141 e. The van der Waals surface area contributed by atoms with Crippen molar-refractivity contribution in [3.05, 3.63) is 53.6 Å². The van der Waals surface area contributed by atoms with E-state index in [2.05, 4.69) is 42.7 Å². The van der Waals surface area contributed by atoms with Gasteiger partial charge in [0.25, 0.3) is 0 Å². The highest BCUT2D eigenvalue weighted by Gasteiger charge is 2.12. The number of fused-ring (bicyclic) bond motifs is 1. The second-order valence-electron chi connectivity index (χ2n) is 5.16. The molecule has 3 heteroatoms. The zero-order chi connectivity index (χ0) is 14.1. The highest BCUT2D eigenvalue weighted by atomic mass is 15.1. The number of aryl methyl sites for hydroxylation is 2. The molecule has 0 unspecified atom stereocenters. The van der Waals surface area contributed by atoms with Crippen molar-refractivity contribution in [3.63, 3.8) is 0 Å². The van der Waals surface area contributed by atoms with Crippen LogP contribution in [0.15, 0.2) is 42.5 Å². The number of para-hydroxylation sites is 2. The minimum absolute atomic E-state index is 0.609. The normalized spacial score (nSPS) is 11.2. The van der Waals surface area contributed by atoms with Gasteiger partial charge in [0, 0.05) is 18.7 Å². The van der Waals surface area contributed by atoms with Gasteiger partial charge in [-0.15, -0.1) is 0 Å². The van der Waals surface area contributed by atoms with Crippen LogP contribution in [0.5, 0.6) is 0 Å². The number of rotatable bonds is 3. The molecule has 2 aromatic carbocycles. The summed E-state index contributed by atoms with van der Waals surface area (Å²) in [5.41, 5.74) is 11.7. The molecular formula is C17H19N3. The fraction of sp³-hybridized carbons (Fsp3) is 0.235. The average Bonchev–Trinajstić information content (AvgIpc) is 2.82. The Kier molecular flexibility index (Phi) is 3.28. The molecule has 0 aliphatic rings. The van der Waals surface area contributed by atoms with Crippen molar-refractivity contribution in [2.75, 3.05) is 6.54 Å². The van der Waals surface area contributed by atoms with Crippen molar-refractivity contribution in [2.45, 2.75) is 20.4 Å². The molecule has 0 atom stereocenters. The first-order valence-corrected chi connectivity index (χ1v) is 6.93. The van der Waals surface area contributed by atoms with E-state index in [0.29, 0.717) is 6.54 Å². The predicted molar refractivity (Wildman–Crippen MR) is 83.7 cm³/mol. The third-order valence-electron chi connectivity index (χ3n) is 3.77. The summed E-state index contributed by atoms with van der Waals surface area (Å²) in [5, 5.41) is 0. The molecule has 0 aliphatic heterocycles. The van der Waals surface area contributed by atoms with E-state index in [-0.39, 0.29) is 0 Å². The van der Waals surface area contributed by atoms with Crippen LogP contribution >= 0.6 is 0 Å². The van der Waals surface area contributed by atoms with Crippen LogP contribution in [0.2, 0.25) is 0 Å². The Balaban J connectivity index is 2.23. The van der Waals surface area contributed by atoms with Crippen molar-refractivity contribution >= 4 is 11.0 Å². The number of nitrogens with two attached hydrogens (primary N) is 1. The molecule has 1 heterocycles. The van der Waals surface area contributed by atoms with E-state index in [9.17, 15) is 0 Å². The van der Waals surface area contributed by atoms with Crippen LogP contribution in [0.3, 0.4) is 0 Å². The van der Waals surface area contributed by atoms with Crippen molar-refractivity contribution in [1.82, 2.24) is 9.55 Å². The van der Waals surface area contributed by atoms with E-state index < -0.39 is 0 Å². The van der Waals surface area contributed by atoms with Gasteiger partial charge < -0.3 is 10.3 Å². The molecule has 102 valence electrons. The Morgan fingerprint density at radius 2 is 1.85 bits per heavy atom. The summed E-state index contributed by atoms with van der Waals surface area (Å²) in [7, 11) is 0. The molecule has 2 N–H and O–H groups in total. The third kappa shape index (κ3) is 2.10. The standard InChI is InChI=1S/C17H19N3/c1-12-7-8-14(11-13(12)2)17-19-15-5-3-4-6-16(15)20(17)10-9-18/h3-8,11H,9-10,18H2,1-2H3. The first kappa shape index (κ1) is 12.9. The molecule has 0 aliphatic carbocycles. The third-order valence-corrected chi connectivity index (χ3v) is 3.77. The lowest BCUT2D eigenvalue weighted by Gasteiger charge is -2.09. The minimum Gasteiger partial charge on any atom is -0.329 e. The van der Waals surface area contributed by atoms with Crippen molar-refractivity contribution in [1.29, 1.82) is 0 Å². The van der Waals surface area contributed by atoms with Gasteiger partial charge in [0.15, 0.2) is 0 Å². The topological polar surface area (TPSA) is 43.8 Å². The summed E-state index contributed by atoms with van der Waals surface area (Å²) in [4.78, 5) is 4.78. The Morgan fingerprint density at radius 1 is 1.05 bits per heavy atom. The summed E-state index contributed by atoms with van der Waals surface area (Å²) in [6.07, 6.45) is 0. The van der Waals surface area contributed by atoms with Crippen LogP contribution in [0, 0.1) is 13.8 Å². The molecule has 0 saturated heterocycles. The zero-order valence-electron chi connectivity index (χ0n) is 11.9. The minimum atomic E-state index is 0.609. The van der Waals surface area contributed by atoms with E-state index in [4.69, 9.17) is 10.7 Å². The van der Waals surface area contributed by atoms with Crippen molar-refractivity contribution in [2.24, 2.45) is 5.73 Å². The quantitative estimate of drug-likeness (QED) is 0.789. The maximum absolute atomic E-state index is 5.76. The van der Waals surface area contributed by atoms with Gasteiger partial charge in [-0.2, -0.15) is 0 Å². The van der Waals surface area contributed by atoms with Crippen LogP contribution in [0.25, 0.3) is 22.4 Å². The molecule has 0 bridgehead atoms. The van der Waals surface area contributed by atoms with E-state index in [1.165, 1.54) is 11.1 Å². The van der Waals surface area contributed by atoms with Gasteiger partial charge in [-0.3, -0.25) is 0 Å². The van der Waals surface area contributed by atoms with Crippen LogP contribution in [0.4, 0.5) is 0 Å². The summed E-state index contributed by atoms with van der Waals surface area (Å²) in [5.74, 6) is 1.000. The molecule has 20 heavy (non-hydrogen) atoms.